The molecule has 2 saturated heterocycles. The second kappa shape index (κ2) is 6.60. The molecular formula is C21H28N2O3. The van der Waals surface area contributed by atoms with Crippen LogP contribution in [-0.4, -0.2) is 52.9 Å². The van der Waals surface area contributed by atoms with Crippen LogP contribution in [0.5, 0.6) is 5.75 Å². The fourth-order valence-electron chi connectivity index (χ4n) is 4.59. The van der Waals surface area contributed by atoms with Gasteiger partial charge in [-0.25, -0.2) is 0 Å². The van der Waals surface area contributed by atoms with E-state index in [2.05, 4.69) is 4.90 Å². The highest BCUT2D eigenvalue weighted by Crippen LogP contribution is 2.41. The molecule has 2 heterocycles. The molecule has 0 unspecified atom stereocenters. The number of aromatic hydroxyl groups is 1. The van der Waals surface area contributed by atoms with Crippen LogP contribution in [0.3, 0.4) is 0 Å². The lowest BCUT2D eigenvalue weighted by Gasteiger charge is -2.48. The Balaban J connectivity index is 1.49. The number of rotatable bonds is 3. The standard InChI is InChI=1S/C21H28N2O3/c1-15-3-6-17(18(24)11-15)20(26)22-10-2-8-21(13-22)9-7-19(25)23(14-21)12-16-4-5-16/h3,6,11,16,24H,2,4-5,7-10,12-14H2,1H3/t21-/m0/s1. The maximum absolute atomic E-state index is 13.0. The number of hydrogen-bond donors (Lipinski definition) is 1. The van der Waals surface area contributed by atoms with E-state index in [1.54, 1.807) is 12.1 Å². The Morgan fingerprint density at radius 2 is 2.08 bits per heavy atom. The minimum atomic E-state index is -0.0905. The van der Waals surface area contributed by atoms with Crippen LogP contribution < -0.4 is 0 Å². The third-order valence-corrected chi connectivity index (χ3v) is 6.26. The third-order valence-electron chi connectivity index (χ3n) is 6.26. The summed E-state index contributed by atoms with van der Waals surface area (Å²) in [5, 5.41) is 10.2. The van der Waals surface area contributed by atoms with Crippen LogP contribution in [0.1, 0.15) is 54.4 Å². The first kappa shape index (κ1) is 17.4. The van der Waals surface area contributed by atoms with Crippen LogP contribution in [0.2, 0.25) is 0 Å². The molecule has 0 bridgehead atoms. The smallest absolute Gasteiger partial charge is 0.257 e. The SMILES string of the molecule is Cc1ccc(C(=O)N2CCC[C@]3(CCC(=O)N(CC4CC4)C3)C2)c(O)c1. The van der Waals surface area contributed by atoms with Gasteiger partial charge in [-0.1, -0.05) is 6.07 Å². The summed E-state index contributed by atoms with van der Waals surface area (Å²) in [4.78, 5) is 29.2. The highest BCUT2D eigenvalue weighted by atomic mass is 16.3. The summed E-state index contributed by atoms with van der Waals surface area (Å²) >= 11 is 0. The third kappa shape index (κ3) is 3.44. The fourth-order valence-corrected chi connectivity index (χ4v) is 4.59. The Morgan fingerprint density at radius 1 is 1.27 bits per heavy atom. The second-order valence-electron chi connectivity index (χ2n) is 8.57. The molecule has 0 aromatic heterocycles. The Bertz CT molecular complexity index is 728. The first-order chi connectivity index (χ1) is 12.5. The number of likely N-dealkylation sites (tertiary alicyclic amines) is 2. The summed E-state index contributed by atoms with van der Waals surface area (Å²) in [6, 6.07) is 5.23. The molecule has 3 aliphatic rings. The molecule has 1 aromatic rings. The molecule has 4 rings (SSSR count). The summed E-state index contributed by atoms with van der Waals surface area (Å²) in [5.74, 6) is 0.943. The van der Waals surface area contributed by atoms with Crippen LogP contribution in [0.15, 0.2) is 18.2 Å². The van der Waals surface area contributed by atoms with Crippen molar-refractivity contribution >= 4 is 11.8 Å². The van der Waals surface area contributed by atoms with Gasteiger partial charge < -0.3 is 14.9 Å². The zero-order chi connectivity index (χ0) is 18.3. The molecule has 5 nitrogen and oxygen atoms in total. The maximum Gasteiger partial charge on any atom is 0.257 e. The van der Waals surface area contributed by atoms with Crippen LogP contribution >= 0.6 is 0 Å². The molecule has 2 aliphatic heterocycles. The van der Waals surface area contributed by atoms with Gasteiger partial charge in [-0.3, -0.25) is 9.59 Å². The van der Waals surface area contributed by atoms with E-state index in [0.29, 0.717) is 24.4 Å². The normalized spacial score (nSPS) is 26.4. The van der Waals surface area contributed by atoms with E-state index in [-0.39, 0.29) is 23.0 Å². The van der Waals surface area contributed by atoms with Gasteiger partial charge in [0.15, 0.2) is 0 Å². The van der Waals surface area contributed by atoms with E-state index in [1.807, 2.05) is 17.9 Å². The lowest BCUT2D eigenvalue weighted by molar-refractivity contribution is -0.139. The Kier molecular flexibility index (Phi) is 4.41. The van der Waals surface area contributed by atoms with E-state index < -0.39 is 0 Å². The molecule has 2 amide bonds. The molecule has 1 atom stereocenters. The van der Waals surface area contributed by atoms with E-state index in [1.165, 1.54) is 12.8 Å². The van der Waals surface area contributed by atoms with E-state index in [9.17, 15) is 14.7 Å². The number of carbonyl (C=O) groups is 2. The van der Waals surface area contributed by atoms with Crippen molar-refractivity contribution in [2.24, 2.45) is 11.3 Å². The highest BCUT2D eigenvalue weighted by Gasteiger charge is 2.44. The molecule has 3 fully saturated rings. The number of hydrogen-bond acceptors (Lipinski definition) is 3. The first-order valence-corrected chi connectivity index (χ1v) is 9.82. The fraction of sp³-hybridized carbons (Fsp3) is 0.619. The van der Waals surface area contributed by atoms with Crippen molar-refractivity contribution in [2.45, 2.75) is 45.4 Å². The molecule has 1 spiro atoms. The molecular weight excluding hydrogens is 328 g/mol. The van der Waals surface area contributed by atoms with Crippen LogP contribution in [-0.2, 0) is 4.79 Å². The predicted molar refractivity (Wildman–Crippen MR) is 99.0 cm³/mol. The first-order valence-electron chi connectivity index (χ1n) is 9.82. The van der Waals surface area contributed by atoms with Crippen molar-refractivity contribution in [3.63, 3.8) is 0 Å². The summed E-state index contributed by atoms with van der Waals surface area (Å²) in [6.45, 7) is 4.99. The Morgan fingerprint density at radius 3 is 2.81 bits per heavy atom. The van der Waals surface area contributed by atoms with E-state index in [0.717, 1.165) is 44.5 Å². The van der Waals surface area contributed by atoms with Gasteiger partial charge >= 0.3 is 0 Å². The number of phenolic OH excluding ortho intramolecular Hbond substituents is 1. The van der Waals surface area contributed by atoms with Gasteiger partial charge in [0.05, 0.1) is 5.56 Å². The van der Waals surface area contributed by atoms with Gasteiger partial charge in [0.2, 0.25) is 5.91 Å². The molecule has 26 heavy (non-hydrogen) atoms. The summed E-state index contributed by atoms with van der Waals surface area (Å²) in [7, 11) is 0. The van der Waals surface area contributed by atoms with Crippen molar-refractivity contribution in [1.82, 2.24) is 9.80 Å². The number of carbonyl (C=O) groups excluding carboxylic acids is 2. The van der Waals surface area contributed by atoms with E-state index >= 15 is 0 Å². The number of piperidine rings is 2. The highest BCUT2D eigenvalue weighted by molar-refractivity contribution is 5.97. The molecule has 1 aromatic carbocycles. The molecule has 0 radical (unpaired) electrons. The monoisotopic (exact) mass is 356 g/mol. The van der Waals surface area contributed by atoms with Crippen molar-refractivity contribution in [2.75, 3.05) is 26.2 Å². The average Bonchev–Trinajstić information content (AvgIpc) is 3.42. The average molecular weight is 356 g/mol. The number of amides is 2. The van der Waals surface area contributed by atoms with Crippen LogP contribution in [0.25, 0.3) is 0 Å². The van der Waals surface area contributed by atoms with Gasteiger partial charge in [0, 0.05) is 38.0 Å². The van der Waals surface area contributed by atoms with Gasteiger partial charge in [-0.05, 0) is 62.6 Å². The number of nitrogens with zero attached hydrogens (tertiary/aromatic N) is 2. The summed E-state index contributed by atoms with van der Waals surface area (Å²) in [5.41, 5.74) is 1.35. The molecule has 1 aliphatic carbocycles. The van der Waals surface area contributed by atoms with Gasteiger partial charge in [0.25, 0.3) is 5.91 Å². The van der Waals surface area contributed by atoms with Crippen molar-refractivity contribution < 1.29 is 14.7 Å². The number of aryl methyl sites for hydroxylation is 1. The Hall–Kier alpha value is -2.04. The van der Waals surface area contributed by atoms with Gasteiger partial charge in [0.1, 0.15) is 5.75 Å². The quantitative estimate of drug-likeness (QED) is 0.906. The van der Waals surface area contributed by atoms with Crippen LogP contribution in [0.4, 0.5) is 0 Å². The zero-order valence-electron chi connectivity index (χ0n) is 15.5. The lowest BCUT2D eigenvalue weighted by Crippen LogP contribution is -2.55. The zero-order valence-corrected chi connectivity index (χ0v) is 15.5. The number of phenols is 1. The van der Waals surface area contributed by atoms with Gasteiger partial charge in [-0.15, -0.1) is 0 Å². The minimum Gasteiger partial charge on any atom is -0.507 e. The topological polar surface area (TPSA) is 60.9 Å². The molecule has 1 N–H and O–H groups in total. The van der Waals surface area contributed by atoms with Crippen LogP contribution in [0, 0.1) is 18.3 Å². The summed E-state index contributed by atoms with van der Waals surface area (Å²) < 4.78 is 0. The second-order valence-corrected chi connectivity index (χ2v) is 8.57. The summed E-state index contributed by atoms with van der Waals surface area (Å²) in [6.07, 6.45) is 6.00. The minimum absolute atomic E-state index is 0.0248. The van der Waals surface area contributed by atoms with Crippen molar-refractivity contribution in [3.8, 4) is 5.75 Å². The lowest BCUT2D eigenvalue weighted by atomic mass is 9.73. The molecule has 140 valence electrons. The maximum atomic E-state index is 13.0. The van der Waals surface area contributed by atoms with E-state index in [4.69, 9.17) is 0 Å². The van der Waals surface area contributed by atoms with Crippen molar-refractivity contribution in [3.05, 3.63) is 29.3 Å². The predicted octanol–water partition coefficient (Wildman–Crippen LogP) is 2.96. The molecule has 5 heteroatoms. The van der Waals surface area contributed by atoms with Gasteiger partial charge in [-0.2, -0.15) is 0 Å². The largest absolute Gasteiger partial charge is 0.507 e. The number of benzene rings is 1. The Labute approximate surface area is 155 Å². The molecule has 1 saturated carbocycles. The van der Waals surface area contributed by atoms with Crippen molar-refractivity contribution in [1.29, 1.82) is 0 Å².